The summed E-state index contributed by atoms with van der Waals surface area (Å²) in [6.07, 6.45) is 6.42. The van der Waals surface area contributed by atoms with Crippen LogP contribution in [0, 0.1) is 5.82 Å². The Morgan fingerprint density at radius 2 is 2.32 bits per heavy atom. The van der Waals surface area contributed by atoms with Gasteiger partial charge >= 0.3 is 0 Å². The maximum Gasteiger partial charge on any atom is 0.167 e. The van der Waals surface area contributed by atoms with Crippen molar-refractivity contribution < 1.29 is 9.13 Å². The molecule has 102 valence electrons. The molecule has 0 fully saturated rings. The summed E-state index contributed by atoms with van der Waals surface area (Å²) in [7, 11) is 0. The number of halogens is 1. The van der Waals surface area contributed by atoms with Gasteiger partial charge in [-0.15, -0.1) is 0 Å². The zero-order chi connectivity index (χ0) is 13.5. The van der Waals surface area contributed by atoms with E-state index in [1.54, 1.807) is 18.6 Å². The second kappa shape index (κ2) is 6.78. The van der Waals surface area contributed by atoms with Crippen LogP contribution in [0.2, 0.25) is 0 Å². The van der Waals surface area contributed by atoms with E-state index < -0.39 is 0 Å². The van der Waals surface area contributed by atoms with Gasteiger partial charge in [-0.25, -0.2) is 9.37 Å². The van der Waals surface area contributed by atoms with Gasteiger partial charge in [0.25, 0.3) is 0 Å². The van der Waals surface area contributed by atoms with Crippen LogP contribution in [0.15, 0.2) is 36.9 Å². The number of aromatic nitrogens is 2. The highest BCUT2D eigenvalue weighted by atomic mass is 19.1. The van der Waals surface area contributed by atoms with Crippen molar-refractivity contribution in [2.45, 2.75) is 19.9 Å². The van der Waals surface area contributed by atoms with Crippen molar-refractivity contribution in [2.75, 3.05) is 18.5 Å². The summed E-state index contributed by atoms with van der Waals surface area (Å²) in [6, 6.07) is 4.94. The van der Waals surface area contributed by atoms with Gasteiger partial charge < -0.3 is 14.6 Å². The van der Waals surface area contributed by atoms with Gasteiger partial charge in [-0.2, -0.15) is 0 Å². The zero-order valence-corrected chi connectivity index (χ0v) is 11.0. The molecule has 2 rings (SSSR count). The third-order valence-corrected chi connectivity index (χ3v) is 2.71. The highest BCUT2D eigenvalue weighted by molar-refractivity contribution is 5.47. The minimum Gasteiger partial charge on any atom is -0.491 e. The molecule has 0 saturated heterocycles. The molecule has 0 bridgehead atoms. The smallest absolute Gasteiger partial charge is 0.167 e. The fraction of sp³-hybridized carbons (Fsp3) is 0.357. The summed E-state index contributed by atoms with van der Waals surface area (Å²) in [6.45, 7) is 3.98. The predicted molar refractivity (Wildman–Crippen MR) is 72.9 cm³/mol. The Morgan fingerprint density at radius 1 is 1.42 bits per heavy atom. The number of nitrogens with zero attached hydrogens (tertiary/aromatic N) is 2. The minimum absolute atomic E-state index is 0.298. The second-order valence-electron chi connectivity index (χ2n) is 4.16. The molecule has 1 heterocycles. The normalized spacial score (nSPS) is 10.4. The summed E-state index contributed by atoms with van der Waals surface area (Å²) in [5, 5.41) is 3.19. The van der Waals surface area contributed by atoms with Crippen molar-refractivity contribution >= 4 is 5.69 Å². The van der Waals surface area contributed by atoms with Gasteiger partial charge in [0, 0.05) is 37.2 Å². The van der Waals surface area contributed by atoms with E-state index >= 15 is 0 Å². The summed E-state index contributed by atoms with van der Waals surface area (Å²) < 4.78 is 20.8. The monoisotopic (exact) mass is 263 g/mol. The molecule has 5 heteroatoms. The molecule has 4 nitrogen and oxygen atoms in total. The quantitative estimate of drug-likeness (QED) is 0.781. The van der Waals surface area contributed by atoms with Crippen LogP contribution >= 0.6 is 0 Å². The maximum absolute atomic E-state index is 13.6. The van der Waals surface area contributed by atoms with Crippen molar-refractivity contribution in [3.8, 4) is 5.75 Å². The lowest BCUT2D eigenvalue weighted by atomic mass is 10.2. The van der Waals surface area contributed by atoms with Gasteiger partial charge in [0.05, 0.1) is 12.9 Å². The van der Waals surface area contributed by atoms with E-state index in [1.165, 1.54) is 6.07 Å². The lowest BCUT2D eigenvalue weighted by Crippen LogP contribution is -2.06. The fourth-order valence-corrected chi connectivity index (χ4v) is 1.80. The Morgan fingerprint density at radius 3 is 3.00 bits per heavy atom. The third kappa shape index (κ3) is 3.98. The number of imidazole rings is 1. The van der Waals surface area contributed by atoms with Crippen LogP contribution in [0.25, 0.3) is 0 Å². The maximum atomic E-state index is 13.6. The number of hydrogen-bond donors (Lipinski definition) is 1. The Kier molecular flexibility index (Phi) is 4.78. The highest BCUT2D eigenvalue weighted by Gasteiger charge is 2.03. The molecular formula is C14H18FN3O. The number of hydrogen-bond acceptors (Lipinski definition) is 3. The Labute approximate surface area is 112 Å². The summed E-state index contributed by atoms with van der Waals surface area (Å²) >= 11 is 0. The number of ether oxygens (including phenoxy) is 1. The molecule has 1 aromatic carbocycles. The van der Waals surface area contributed by atoms with Crippen LogP contribution in [0.4, 0.5) is 10.1 Å². The SMILES string of the molecule is CCOc1ccc(NCCCn2ccnc2)cc1F. The standard InChI is InChI=1S/C14H18FN3O/c1-2-19-14-5-4-12(10-13(14)15)17-6-3-8-18-9-7-16-11-18/h4-5,7,9-11,17H,2-3,6,8H2,1H3. The molecule has 0 atom stereocenters. The second-order valence-corrected chi connectivity index (χ2v) is 4.16. The Hall–Kier alpha value is -2.04. The molecule has 0 unspecified atom stereocenters. The molecule has 0 radical (unpaired) electrons. The lowest BCUT2D eigenvalue weighted by Gasteiger charge is -2.09. The molecular weight excluding hydrogens is 245 g/mol. The number of aryl methyl sites for hydroxylation is 1. The summed E-state index contributed by atoms with van der Waals surface area (Å²) in [5.74, 6) is -0.0343. The van der Waals surface area contributed by atoms with E-state index in [4.69, 9.17) is 4.74 Å². The van der Waals surface area contributed by atoms with E-state index in [2.05, 4.69) is 10.3 Å². The topological polar surface area (TPSA) is 39.1 Å². The highest BCUT2D eigenvalue weighted by Crippen LogP contribution is 2.21. The molecule has 19 heavy (non-hydrogen) atoms. The van der Waals surface area contributed by atoms with Gasteiger partial charge in [-0.1, -0.05) is 0 Å². The molecule has 1 aromatic heterocycles. The molecule has 0 aliphatic rings. The van der Waals surface area contributed by atoms with Crippen molar-refractivity contribution in [1.29, 1.82) is 0 Å². The first-order valence-corrected chi connectivity index (χ1v) is 6.41. The molecule has 1 N–H and O–H groups in total. The van der Waals surface area contributed by atoms with Crippen LogP contribution in [0.3, 0.4) is 0 Å². The van der Waals surface area contributed by atoms with Crippen molar-refractivity contribution in [2.24, 2.45) is 0 Å². The van der Waals surface area contributed by atoms with E-state index in [-0.39, 0.29) is 5.82 Å². The first-order valence-electron chi connectivity index (χ1n) is 6.41. The first kappa shape index (κ1) is 13.4. The lowest BCUT2D eigenvalue weighted by molar-refractivity contribution is 0.321. The molecule has 2 aromatic rings. The van der Waals surface area contributed by atoms with E-state index in [0.29, 0.717) is 12.4 Å². The average molecular weight is 263 g/mol. The number of benzene rings is 1. The third-order valence-electron chi connectivity index (χ3n) is 2.71. The molecule has 0 saturated carbocycles. The van der Waals surface area contributed by atoms with Crippen LogP contribution in [-0.4, -0.2) is 22.7 Å². The molecule has 0 aliphatic carbocycles. The summed E-state index contributed by atoms with van der Waals surface area (Å²) in [5.41, 5.74) is 0.770. The van der Waals surface area contributed by atoms with Crippen LogP contribution in [0.1, 0.15) is 13.3 Å². The van der Waals surface area contributed by atoms with E-state index in [9.17, 15) is 4.39 Å². The molecule has 0 spiro atoms. The fourth-order valence-electron chi connectivity index (χ4n) is 1.80. The number of rotatable bonds is 7. The average Bonchev–Trinajstić information content (AvgIpc) is 2.91. The van der Waals surface area contributed by atoms with Gasteiger partial charge in [-0.3, -0.25) is 0 Å². The number of nitrogens with one attached hydrogen (secondary N) is 1. The van der Waals surface area contributed by atoms with Crippen LogP contribution in [0.5, 0.6) is 5.75 Å². The molecule has 0 amide bonds. The minimum atomic E-state index is -0.332. The predicted octanol–water partition coefficient (Wildman–Crippen LogP) is 2.92. The van der Waals surface area contributed by atoms with Gasteiger partial charge in [0.2, 0.25) is 0 Å². The zero-order valence-electron chi connectivity index (χ0n) is 11.0. The largest absolute Gasteiger partial charge is 0.491 e. The van der Waals surface area contributed by atoms with E-state index in [0.717, 1.165) is 25.2 Å². The van der Waals surface area contributed by atoms with Crippen molar-refractivity contribution in [3.05, 3.63) is 42.7 Å². The molecule has 0 aliphatic heterocycles. The van der Waals surface area contributed by atoms with Crippen molar-refractivity contribution in [1.82, 2.24) is 9.55 Å². The summed E-state index contributed by atoms with van der Waals surface area (Å²) in [4.78, 5) is 3.98. The van der Waals surface area contributed by atoms with Crippen LogP contribution in [-0.2, 0) is 6.54 Å². The van der Waals surface area contributed by atoms with Crippen molar-refractivity contribution in [3.63, 3.8) is 0 Å². The van der Waals surface area contributed by atoms with Gasteiger partial charge in [0.15, 0.2) is 11.6 Å². The van der Waals surface area contributed by atoms with Gasteiger partial charge in [0.1, 0.15) is 0 Å². The first-order chi connectivity index (χ1) is 9.29. The number of anilines is 1. The van der Waals surface area contributed by atoms with Crippen LogP contribution < -0.4 is 10.1 Å². The Bertz CT molecular complexity index is 499. The van der Waals surface area contributed by atoms with E-state index in [1.807, 2.05) is 23.8 Å². The van der Waals surface area contributed by atoms with Gasteiger partial charge in [-0.05, 0) is 25.5 Å². The Balaban J connectivity index is 1.78.